The number of benzene rings is 2. The van der Waals surface area contributed by atoms with Crippen LogP contribution < -0.4 is 10.2 Å². The molecule has 0 saturated carbocycles. The molecule has 0 radical (unpaired) electrons. The molecule has 2 aromatic rings. The molecule has 1 aliphatic rings. The second-order valence-electron chi connectivity index (χ2n) is 6.41. The molecule has 1 N–H and O–H groups in total. The van der Waals surface area contributed by atoms with Crippen molar-refractivity contribution in [1.82, 2.24) is 10.2 Å². The fourth-order valence-corrected chi connectivity index (χ4v) is 3.27. The third-order valence-corrected chi connectivity index (χ3v) is 4.65. The molecule has 1 aliphatic heterocycles. The molecule has 0 unspecified atom stereocenters. The summed E-state index contributed by atoms with van der Waals surface area (Å²) in [4.78, 5) is 27.0. The molecule has 0 aliphatic carbocycles. The summed E-state index contributed by atoms with van der Waals surface area (Å²) in [6, 6.07) is 11.8. The number of carbonyl (C=O) groups excluding carboxylic acids is 2. The Bertz CT molecular complexity index is 784. The molecule has 0 atom stereocenters. The number of nitrogens with zero attached hydrogens (tertiary/aromatic N) is 2. The zero-order valence-corrected chi connectivity index (χ0v) is 14.7. The molecule has 0 aromatic heterocycles. The second kappa shape index (κ2) is 7.99. The van der Waals surface area contributed by atoms with Crippen molar-refractivity contribution < 1.29 is 14.0 Å². The summed E-state index contributed by atoms with van der Waals surface area (Å²) in [6.07, 6.45) is 0.695. The normalized spacial score (nSPS) is 14.2. The number of hydrogen-bond acceptors (Lipinski definition) is 3. The first kappa shape index (κ1) is 17.9. The van der Waals surface area contributed by atoms with Gasteiger partial charge in [-0.3, -0.25) is 9.59 Å². The third-order valence-electron chi connectivity index (χ3n) is 4.65. The minimum Gasteiger partial charge on any atom is -0.368 e. The van der Waals surface area contributed by atoms with Gasteiger partial charge in [-0.15, -0.1) is 0 Å². The van der Waals surface area contributed by atoms with Crippen LogP contribution in [-0.2, 0) is 11.3 Å². The van der Waals surface area contributed by atoms with Crippen LogP contribution in [0, 0.1) is 12.7 Å². The minimum absolute atomic E-state index is 0.0587. The highest BCUT2D eigenvalue weighted by atomic mass is 19.1. The lowest BCUT2D eigenvalue weighted by Crippen LogP contribution is -2.49. The molecule has 5 nitrogen and oxygen atoms in total. The zero-order valence-electron chi connectivity index (χ0n) is 14.7. The fourth-order valence-electron chi connectivity index (χ4n) is 3.27. The van der Waals surface area contributed by atoms with Gasteiger partial charge in [-0.05, 0) is 48.4 Å². The van der Waals surface area contributed by atoms with Crippen molar-refractivity contribution >= 4 is 18.0 Å². The number of halogens is 1. The number of carbonyl (C=O) groups is 2. The summed E-state index contributed by atoms with van der Waals surface area (Å²) in [5.74, 6) is -0.398. The maximum absolute atomic E-state index is 13.0. The fraction of sp³-hybridized carbons (Fsp3) is 0.300. The van der Waals surface area contributed by atoms with Crippen molar-refractivity contribution in [3.05, 3.63) is 65.0 Å². The van der Waals surface area contributed by atoms with Gasteiger partial charge in [-0.2, -0.15) is 0 Å². The Morgan fingerprint density at radius 3 is 2.42 bits per heavy atom. The van der Waals surface area contributed by atoms with Crippen molar-refractivity contribution in [1.29, 1.82) is 0 Å². The van der Waals surface area contributed by atoms with Gasteiger partial charge in [0.25, 0.3) is 5.91 Å². The number of piperazine rings is 1. The van der Waals surface area contributed by atoms with Crippen LogP contribution in [-0.4, -0.2) is 43.4 Å². The molecular weight excluding hydrogens is 333 g/mol. The van der Waals surface area contributed by atoms with E-state index in [0.29, 0.717) is 31.6 Å². The standard InChI is InChI=1S/C20H22FN3O2/c1-15-12-16(13-22-14-25)2-7-19(15)23-8-10-24(11-9-23)20(26)17-3-5-18(21)6-4-17/h2-7,12,14H,8-11,13H2,1H3,(H,22,25). The molecule has 1 fully saturated rings. The Hall–Kier alpha value is -2.89. The summed E-state index contributed by atoms with van der Waals surface area (Å²) in [5, 5.41) is 2.67. The van der Waals surface area contributed by atoms with Gasteiger partial charge in [-0.1, -0.05) is 12.1 Å². The predicted molar refractivity (Wildman–Crippen MR) is 98.6 cm³/mol. The Labute approximate surface area is 152 Å². The number of aryl methyl sites for hydroxylation is 1. The van der Waals surface area contributed by atoms with Gasteiger partial charge in [0.05, 0.1) is 0 Å². The van der Waals surface area contributed by atoms with Crippen LogP contribution in [0.15, 0.2) is 42.5 Å². The molecule has 6 heteroatoms. The minimum atomic E-state index is -0.339. The Morgan fingerprint density at radius 2 is 1.81 bits per heavy atom. The maximum Gasteiger partial charge on any atom is 0.253 e. The second-order valence-corrected chi connectivity index (χ2v) is 6.41. The SMILES string of the molecule is Cc1cc(CNC=O)ccc1N1CCN(C(=O)c2ccc(F)cc2)CC1. The smallest absolute Gasteiger partial charge is 0.253 e. The van der Waals surface area contributed by atoms with Gasteiger partial charge in [-0.25, -0.2) is 4.39 Å². The van der Waals surface area contributed by atoms with E-state index in [9.17, 15) is 14.0 Å². The molecule has 136 valence electrons. The van der Waals surface area contributed by atoms with E-state index in [1.54, 1.807) is 4.90 Å². The summed E-state index contributed by atoms with van der Waals surface area (Å²) < 4.78 is 13.0. The molecular formula is C20H22FN3O2. The Balaban J connectivity index is 1.62. The monoisotopic (exact) mass is 355 g/mol. The van der Waals surface area contributed by atoms with Gasteiger partial charge in [0.15, 0.2) is 0 Å². The highest BCUT2D eigenvalue weighted by Gasteiger charge is 2.23. The first-order chi connectivity index (χ1) is 12.6. The van der Waals surface area contributed by atoms with Crippen LogP contribution >= 0.6 is 0 Å². The first-order valence-corrected chi connectivity index (χ1v) is 8.65. The van der Waals surface area contributed by atoms with Crippen molar-refractivity contribution in [3.8, 4) is 0 Å². The lowest BCUT2D eigenvalue weighted by Gasteiger charge is -2.37. The van der Waals surface area contributed by atoms with Crippen molar-refractivity contribution in [3.63, 3.8) is 0 Å². The molecule has 2 aromatic carbocycles. The Kier molecular flexibility index (Phi) is 5.51. The van der Waals surface area contributed by atoms with Crippen LogP contribution in [0.25, 0.3) is 0 Å². The van der Waals surface area contributed by atoms with Crippen molar-refractivity contribution in [2.75, 3.05) is 31.1 Å². The van der Waals surface area contributed by atoms with E-state index in [1.165, 1.54) is 24.3 Å². The van der Waals surface area contributed by atoms with E-state index in [0.717, 1.165) is 29.9 Å². The van der Waals surface area contributed by atoms with Gasteiger partial charge >= 0.3 is 0 Å². The quantitative estimate of drug-likeness (QED) is 0.838. The lowest BCUT2D eigenvalue weighted by atomic mass is 10.1. The van der Waals surface area contributed by atoms with Crippen molar-refractivity contribution in [2.45, 2.75) is 13.5 Å². The van der Waals surface area contributed by atoms with E-state index in [1.807, 2.05) is 6.07 Å². The lowest BCUT2D eigenvalue weighted by molar-refractivity contribution is -0.109. The molecule has 3 rings (SSSR count). The van der Waals surface area contributed by atoms with Crippen molar-refractivity contribution in [2.24, 2.45) is 0 Å². The summed E-state index contributed by atoms with van der Waals surface area (Å²) >= 11 is 0. The molecule has 1 saturated heterocycles. The topological polar surface area (TPSA) is 52.7 Å². The van der Waals surface area contributed by atoms with Crippen LogP contribution in [0.2, 0.25) is 0 Å². The molecule has 0 spiro atoms. The molecule has 1 heterocycles. The van der Waals surface area contributed by atoms with Gasteiger partial charge < -0.3 is 15.1 Å². The molecule has 0 bridgehead atoms. The van der Waals surface area contributed by atoms with E-state index in [-0.39, 0.29) is 11.7 Å². The van der Waals surface area contributed by atoms with E-state index in [4.69, 9.17) is 0 Å². The van der Waals surface area contributed by atoms with Crippen LogP contribution in [0.5, 0.6) is 0 Å². The van der Waals surface area contributed by atoms with E-state index < -0.39 is 0 Å². The summed E-state index contributed by atoms with van der Waals surface area (Å²) in [5.41, 5.74) is 3.87. The van der Waals surface area contributed by atoms with Gasteiger partial charge in [0.2, 0.25) is 6.41 Å². The molecule has 2 amide bonds. The van der Waals surface area contributed by atoms with E-state index in [2.05, 4.69) is 29.3 Å². The maximum atomic E-state index is 13.0. The molecule has 26 heavy (non-hydrogen) atoms. The van der Waals surface area contributed by atoms with Gasteiger partial charge in [0.1, 0.15) is 5.82 Å². The highest BCUT2D eigenvalue weighted by Crippen LogP contribution is 2.23. The third kappa shape index (κ3) is 4.02. The van der Waals surface area contributed by atoms with E-state index >= 15 is 0 Å². The zero-order chi connectivity index (χ0) is 18.5. The largest absolute Gasteiger partial charge is 0.368 e. The number of anilines is 1. The summed E-state index contributed by atoms with van der Waals surface area (Å²) in [7, 11) is 0. The van der Waals surface area contributed by atoms with Crippen LogP contribution in [0.3, 0.4) is 0 Å². The number of nitrogens with one attached hydrogen (secondary N) is 1. The average Bonchev–Trinajstić information content (AvgIpc) is 2.67. The number of hydrogen-bond donors (Lipinski definition) is 1. The summed E-state index contributed by atoms with van der Waals surface area (Å²) in [6.45, 7) is 5.33. The van der Waals surface area contributed by atoms with Gasteiger partial charge in [0, 0.05) is 44.0 Å². The number of amides is 2. The first-order valence-electron chi connectivity index (χ1n) is 8.65. The number of rotatable bonds is 5. The van der Waals surface area contributed by atoms with Crippen LogP contribution in [0.1, 0.15) is 21.5 Å². The van der Waals surface area contributed by atoms with Crippen LogP contribution in [0.4, 0.5) is 10.1 Å². The Morgan fingerprint density at radius 1 is 1.12 bits per heavy atom. The average molecular weight is 355 g/mol. The highest BCUT2D eigenvalue weighted by molar-refractivity contribution is 5.94. The predicted octanol–water partition coefficient (Wildman–Crippen LogP) is 2.34.